The first kappa shape index (κ1) is 7.88. The average Bonchev–Trinajstić information content (AvgIpc) is 2.33. The van der Waals surface area contributed by atoms with E-state index >= 15 is 0 Å². The van der Waals surface area contributed by atoms with E-state index in [1.54, 1.807) is 24.5 Å². The lowest BCUT2D eigenvalue weighted by Crippen LogP contribution is -1.67. The molecule has 11 heavy (non-hydrogen) atoms. The zero-order chi connectivity index (χ0) is 6.97. The number of nitrogens with zero attached hydrogens (tertiary/aromatic N) is 1. The van der Waals surface area contributed by atoms with Crippen molar-refractivity contribution in [3.8, 4) is 5.75 Å². The van der Waals surface area contributed by atoms with Gasteiger partial charge in [0.15, 0.2) is 0 Å². The lowest BCUT2D eigenvalue weighted by atomic mass is 10.3. The Balaban J connectivity index is 0.000000605. The number of phenols is 1. The number of imidazole rings is 1. The van der Waals surface area contributed by atoms with Crippen LogP contribution in [0.2, 0.25) is 0 Å². The van der Waals surface area contributed by atoms with E-state index in [0.717, 1.165) is 11.0 Å². The highest BCUT2D eigenvalue weighted by atomic mass is 35.5. The van der Waals surface area contributed by atoms with Crippen LogP contribution in [0.3, 0.4) is 0 Å². The molecule has 2 N–H and O–H groups in total. The molecular weight excluding hydrogens is 164 g/mol. The van der Waals surface area contributed by atoms with Gasteiger partial charge in [-0.05, 0) is 12.1 Å². The van der Waals surface area contributed by atoms with Gasteiger partial charge in [0.05, 0.1) is 17.4 Å². The van der Waals surface area contributed by atoms with Crippen LogP contribution in [0, 0.1) is 0 Å². The maximum absolute atomic E-state index is 9.00. The minimum absolute atomic E-state index is 0. The number of H-pyrrole nitrogens is 1. The molecule has 2 aromatic rings. The molecule has 0 atom stereocenters. The number of aromatic nitrogens is 2. The number of hydrogen-bond acceptors (Lipinski definition) is 2. The molecule has 58 valence electrons. The topological polar surface area (TPSA) is 48.9 Å². The number of aromatic hydroxyl groups is 1. The predicted molar refractivity (Wildman–Crippen MR) is 45.0 cm³/mol. The van der Waals surface area contributed by atoms with E-state index in [0.29, 0.717) is 0 Å². The first-order valence-corrected chi connectivity index (χ1v) is 2.98. The van der Waals surface area contributed by atoms with Crippen molar-refractivity contribution < 1.29 is 5.11 Å². The van der Waals surface area contributed by atoms with Crippen LogP contribution in [-0.2, 0) is 0 Å². The summed E-state index contributed by atoms with van der Waals surface area (Å²) in [6.07, 6.45) is 1.60. The number of nitrogens with one attached hydrogen (secondary N) is 1. The van der Waals surface area contributed by atoms with E-state index in [9.17, 15) is 0 Å². The van der Waals surface area contributed by atoms with Crippen LogP contribution in [0.25, 0.3) is 11.0 Å². The van der Waals surface area contributed by atoms with E-state index in [2.05, 4.69) is 9.97 Å². The second kappa shape index (κ2) is 2.80. The van der Waals surface area contributed by atoms with Gasteiger partial charge in [0.25, 0.3) is 0 Å². The SMILES string of the molecule is Cl.Oc1ccc2nc[nH]c2c1. The van der Waals surface area contributed by atoms with Gasteiger partial charge in [-0.1, -0.05) is 0 Å². The summed E-state index contributed by atoms with van der Waals surface area (Å²) in [5.41, 5.74) is 1.73. The molecule has 0 fully saturated rings. The number of fused-ring (bicyclic) bond motifs is 1. The molecule has 0 saturated heterocycles. The number of halogens is 1. The Morgan fingerprint density at radius 3 is 3.00 bits per heavy atom. The van der Waals surface area contributed by atoms with Crippen molar-refractivity contribution >= 4 is 23.4 Å². The van der Waals surface area contributed by atoms with E-state index in [-0.39, 0.29) is 18.2 Å². The highest BCUT2D eigenvalue weighted by Crippen LogP contribution is 2.15. The van der Waals surface area contributed by atoms with E-state index in [1.807, 2.05) is 0 Å². The Morgan fingerprint density at radius 2 is 2.18 bits per heavy atom. The first-order chi connectivity index (χ1) is 4.86. The standard InChI is InChI=1S/C7H6N2O.ClH/c10-5-1-2-6-7(3-5)9-4-8-6;/h1-4,10H,(H,8,9);1H. The molecule has 0 saturated carbocycles. The quantitative estimate of drug-likeness (QED) is 0.632. The Morgan fingerprint density at radius 1 is 1.36 bits per heavy atom. The van der Waals surface area contributed by atoms with Gasteiger partial charge in [-0.15, -0.1) is 12.4 Å². The zero-order valence-electron chi connectivity index (χ0n) is 5.61. The molecule has 0 aliphatic heterocycles. The summed E-state index contributed by atoms with van der Waals surface area (Å²) in [5.74, 6) is 0.261. The highest BCUT2D eigenvalue weighted by Gasteiger charge is 1.94. The summed E-state index contributed by atoms with van der Waals surface area (Å²) in [7, 11) is 0. The minimum atomic E-state index is 0. The second-order valence-corrected chi connectivity index (χ2v) is 2.10. The molecule has 0 radical (unpaired) electrons. The zero-order valence-corrected chi connectivity index (χ0v) is 6.43. The monoisotopic (exact) mass is 170 g/mol. The van der Waals surface area contributed by atoms with Gasteiger partial charge >= 0.3 is 0 Å². The summed E-state index contributed by atoms with van der Waals surface area (Å²) in [6, 6.07) is 5.02. The Hall–Kier alpha value is -1.22. The number of aromatic amines is 1. The Bertz CT molecular complexity index is 358. The molecule has 4 heteroatoms. The van der Waals surface area contributed by atoms with Crippen LogP contribution < -0.4 is 0 Å². The summed E-state index contributed by atoms with van der Waals surface area (Å²) in [4.78, 5) is 6.88. The van der Waals surface area contributed by atoms with Crippen molar-refractivity contribution in [2.24, 2.45) is 0 Å². The lowest BCUT2D eigenvalue weighted by Gasteiger charge is -1.88. The number of benzene rings is 1. The smallest absolute Gasteiger partial charge is 0.117 e. The fraction of sp³-hybridized carbons (Fsp3) is 0. The number of rotatable bonds is 0. The van der Waals surface area contributed by atoms with Crippen LogP contribution in [0.1, 0.15) is 0 Å². The number of hydrogen-bond donors (Lipinski definition) is 2. The van der Waals surface area contributed by atoms with Crippen molar-refractivity contribution in [3.63, 3.8) is 0 Å². The van der Waals surface area contributed by atoms with Crippen molar-refractivity contribution in [1.29, 1.82) is 0 Å². The van der Waals surface area contributed by atoms with Crippen molar-refractivity contribution in [2.75, 3.05) is 0 Å². The van der Waals surface area contributed by atoms with Gasteiger partial charge in [0.2, 0.25) is 0 Å². The van der Waals surface area contributed by atoms with E-state index in [1.165, 1.54) is 0 Å². The minimum Gasteiger partial charge on any atom is -0.508 e. The third-order valence-corrected chi connectivity index (χ3v) is 1.40. The summed E-state index contributed by atoms with van der Waals surface area (Å²) >= 11 is 0. The average molecular weight is 171 g/mol. The van der Waals surface area contributed by atoms with Crippen LogP contribution in [-0.4, -0.2) is 15.1 Å². The largest absolute Gasteiger partial charge is 0.508 e. The molecule has 2 rings (SSSR count). The molecule has 0 aliphatic carbocycles. The first-order valence-electron chi connectivity index (χ1n) is 2.98. The van der Waals surface area contributed by atoms with Gasteiger partial charge in [0.1, 0.15) is 5.75 Å². The third-order valence-electron chi connectivity index (χ3n) is 1.40. The second-order valence-electron chi connectivity index (χ2n) is 2.10. The fourth-order valence-electron chi connectivity index (χ4n) is 0.924. The fourth-order valence-corrected chi connectivity index (χ4v) is 0.924. The summed E-state index contributed by atoms with van der Waals surface area (Å²) in [6.45, 7) is 0. The maximum Gasteiger partial charge on any atom is 0.117 e. The van der Waals surface area contributed by atoms with Gasteiger partial charge in [-0.25, -0.2) is 4.98 Å². The molecule has 3 nitrogen and oxygen atoms in total. The molecule has 1 aromatic carbocycles. The van der Waals surface area contributed by atoms with Crippen LogP contribution >= 0.6 is 12.4 Å². The van der Waals surface area contributed by atoms with E-state index < -0.39 is 0 Å². The van der Waals surface area contributed by atoms with Gasteiger partial charge < -0.3 is 10.1 Å². The lowest BCUT2D eigenvalue weighted by molar-refractivity contribution is 0.476. The van der Waals surface area contributed by atoms with Crippen LogP contribution in [0.5, 0.6) is 5.75 Å². The Kier molecular flexibility index (Phi) is 2.01. The third kappa shape index (κ3) is 1.28. The van der Waals surface area contributed by atoms with Gasteiger partial charge in [-0.2, -0.15) is 0 Å². The van der Waals surface area contributed by atoms with Crippen molar-refractivity contribution in [2.45, 2.75) is 0 Å². The molecule has 0 bridgehead atoms. The predicted octanol–water partition coefficient (Wildman–Crippen LogP) is 1.69. The summed E-state index contributed by atoms with van der Waals surface area (Å²) < 4.78 is 0. The van der Waals surface area contributed by atoms with E-state index in [4.69, 9.17) is 5.11 Å². The molecule has 0 amide bonds. The van der Waals surface area contributed by atoms with Crippen LogP contribution in [0.4, 0.5) is 0 Å². The maximum atomic E-state index is 9.00. The van der Waals surface area contributed by atoms with Gasteiger partial charge in [-0.3, -0.25) is 0 Å². The normalized spacial score (nSPS) is 9.45. The van der Waals surface area contributed by atoms with Crippen molar-refractivity contribution in [1.82, 2.24) is 9.97 Å². The molecule has 0 unspecified atom stereocenters. The molecular formula is C7H7ClN2O. The molecule has 0 spiro atoms. The van der Waals surface area contributed by atoms with Crippen LogP contribution in [0.15, 0.2) is 24.5 Å². The van der Waals surface area contributed by atoms with Gasteiger partial charge in [0, 0.05) is 6.07 Å². The summed E-state index contributed by atoms with van der Waals surface area (Å²) in [5, 5.41) is 9.00. The molecule has 0 aliphatic rings. The Labute approximate surface area is 69.5 Å². The van der Waals surface area contributed by atoms with Crippen molar-refractivity contribution in [3.05, 3.63) is 24.5 Å². The highest BCUT2D eigenvalue weighted by molar-refractivity contribution is 5.85. The molecule has 1 aromatic heterocycles. The number of phenolic OH excluding ortho intramolecular Hbond substituents is 1. The molecule has 1 heterocycles.